The van der Waals surface area contributed by atoms with E-state index in [-0.39, 0.29) is 12.3 Å². The highest BCUT2D eigenvalue weighted by molar-refractivity contribution is 5.79. The molecular formula is C16H23NO3. The second kappa shape index (κ2) is 7.29. The van der Waals surface area contributed by atoms with Crippen molar-refractivity contribution < 1.29 is 14.6 Å². The molecule has 0 bridgehead atoms. The quantitative estimate of drug-likeness (QED) is 0.835. The van der Waals surface area contributed by atoms with Gasteiger partial charge >= 0.3 is 0 Å². The van der Waals surface area contributed by atoms with Gasteiger partial charge < -0.3 is 15.2 Å². The molecule has 1 amide bonds. The van der Waals surface area contributed by atoms with Gasteiger partial charge in [0.1, 0.15) is 5.75 Å². The van der Waals surface area contributed by atoms with Gasteiger partial charge in [-0.05, 0) is 24.8 Å². The standard InChI is InChI=1S/C16H23NO3/c1-20-15-9-5-4-8-13(15)10-16(19)17-11-14(18)12-6-2-3-7-12/h4-5,8-9,12,14,18H,2-3,6-7,10-11H2,1H3,(H,17,19). The summed E-state index contributed by atoms with van der Waals surface area (Å²) >= 11 is 0. The monoisotopic (exact) mass is 277 g/mol. The van der Waals surface area contributed by atoms with Crippen LogP contribution in [0.15, 0.2) is 24.3 Å². The van der Waals surface area contributed by atoms with Crippen molar-refractivity contribution in [3.05, 3.63) is 29.8 Å². The third-order valence-electron chi connectivity index (χ3n) is 4.00. The third-order valence-corrected chi connectivity index (χ3v) is 4.00. The number of aliphatic hydroxyl groups excluding tert-OH is 1. The zero-order valence-corrected chi connectivity index (χ0v) is 12.0. The largest absolute Gasteiger partial charge is 0.496 e. The highest BCUT2D eigenvalue weighted by atomic mass is 16.5. The van der Waals surface area contributed by atoms with E-state index < -0.39 is 6.10 Å². The molecule has 0 aliphatic heterocycles. The Balaban J connectivity index is 1.80. The summed E-state index contributed by atoms with van der Waals surface area (Å²) < 4.78 is 5.22. The molecular weight excluding hydrogens is 254 g/mol. The van der Waals surface area contributed by atoms with Crippen molar-refractivity contribution in [3.8, 4) is 5.75 Å². The van der Waals surface area contributed by atoms with Crippen LogP contribution in [0.25, 0.3) is 0 Å². The lowest BCUT2D eigenvalue weighted by Gasteiger charge is -2.18. The highest BCUT2D eigenvalue weighted by Gasteiger charge is 2.23. The fraction of sp³-hybridized carbons (Fsp3) is 0.562. The number of rotatable bonds is 6. The lowest BCUT2D eigenvalue weighted by molar-refractivity contribution is -0.121. The predicted octanol–water partition coefficient (Wildman–Crippen LogP) is 1.90. The Kier molecular flexibility index (Phi) is 5.41. The molecule has 1 atom stereocenters. The Bertz CT molecular complexity index is 441. The zero-order chi connectivity index (χ0) is 14.4. The summed E-state index contributed by atoms with van der Waals surface area (Å²) in [6.07, 6.45) is 4.39. The SMILES string of the molecule is COc1ccccc1CC(=O)NCC(O)C1CCCC1. The molecule has 2 N–H and O–H groups in total. The second-order valence-corrected chi connectivity index (χ2v) is 5.40. The minimum absolute atomic E-state index is 0.0773. The molecule has 0 heterocycles. The number of amides is 1. The van der Waals surface area contributed by atoms with E-state index in [0.717, 1.165) is 24.2 Å². The molecule has 0 spiro atoms. The number of hydrogen-bond donors (Lipinski definition) is 2. The summed E-state index contributed by atoms with van der Waals surface area (Å²) in [7, 11) is 1.60. The van der Waals surface area contributed by atoms with E-state index >= 15 is 0 Å². The average Bonchev–Trinajstić information content (AvgIpc) is 2.99. The molecule has 0 radical (unpaired) electrons. The van der Waals surface area contributed by atoms with E-state index in [0.29, 0.717) is 12.5 Å². The van der Waals surface area contributed by atoms with Crippen molar-refractivity contribution in [2.75, 3.05) is 13.7 Å². The zero-order valence-electron chi connectivity index (χ0n) is 12.0. The number of aliphatic hydroxyl groups is 1. The predicted molar refractivity (Wildman–Crippen MR) is 77.7 cm³/mol. The molecule has 1 aliphatic rings. The molecule has 1 fully saturated rings. The van der Waals surface area contributed by atoms with Crippen LogP contribution in [0.1, 0.15) is 31.2 Å². The van der Waals surface area contributed by atoms with Crippen LogP contribution >= 0.6 is 0 Å². The molecule has 2 rings (SSSR count). The maximum absolute atomic E-state index is 11.9. The Hall–Kier alpha value is -1.55. The van der Waals surface area contributed by atoms with Gasteiger partial charge in [-0.2, -0.15) is 0 Å². The van der Waals surface area contributed by atoms with Crippen LogP contribution in [-0.4, -0.2) is 30.8 Å². The molecule has 1 aliphatic carbocycles. The Morgan fingerprint density at radius 3 is 2.80 bits per heavy atom. The number of ether oxygens (including phenoxy) is 1. The molecule has 20 heavy (non-hydrogen) atoms. The Morgan fingerprint density at radius 2 is 2.10 bits per heavy atom. The van der Waals surface area contributed by atoms with Crippen molar-refractivity contribution >= 4 is 5.91 Å². The number of methoxy groups -OCH3 is 1. The van der Waals surface area contributed by atoms with Gasteiger partial charge in [0.15, 0.2) is 0 Å². The summed E-state index contributed by atoms with van der Waals surface area (Å²) in [5.41, 5.74) is 0.864. The van der Waals surface area contributed by atoms with Crippen LogP contribution in [-0.2, 0) is 11.2 Å². The molecule has 1 unspecified atom stereocenters. The van der Waals surface area contributed by atoms with Crippen LogP contribution < -0.4 is 10.1 Å². The number of carbonyl (C=O) groups is 1. The van der Waals surface area contributed by atoms with Crippen molar-refractivity contribution in [2.24, 2.45) is 5.92 Å². The number of para-hydroxylation sites is 1. The van der Waals surface area contributed by atoms with Gasteiger partial charge in [0.2, 0.25) is 5.91 Å². The van der Waals surface area contributed by atoms with Gasteiger partial charge in [-0.15, -0.1) is 0 Å². The smallest absolute Gasteiger partial charge is 0.224 e. The first kappa shape index (κ1) is 14.9. The lowest BCUT2D eigenvalue weighted by atomic mass is 10.0. The molecule has 110 valence electrons. The van der Waals surface area contributed by atoms with E-state index in [1.54, 1.807) is 7.11 Å². The van der Waals surface area contributed by atoms with E-state index in [1.165, 1.54) is 12.8 Å². The van der Waals surface area contributed by atoms with E-state index in [4.69, 9.17) is 4.74 Å². The maximum atomic E-state index is 11.9. The topological polar surface area (TPSA) is 58.6 Å². The first-order chi connectivity index (χ1) is 9.70. The second-order valence-electron chi connectivity index (χ2n) is 5.40. The molecule has 1 saturated carbocycles. The van der Waals surface area contributed by atoms with Crippen LogP contribution in [0.4, 0.5) is 0 Å². The van der Waals surface area contributed by atoms with Crippen LogP contribution in [0, 0.1) is 5.92 Å². The lowest BCUT2D eigenvalue weighted by Crippen LogP contribution is -2.36. The highest BCUT2D eigenvalue weighted by Crippen LogP contribution is 2.27. The Labute approximate surface area is 120 Å². The molecule has 4 heteroatoms. The normalized spacial score (nSPS) is 16.9. The molecule has 1 aromatic rings. The van der Waals surface area contributed by atoms with Gasteiger partial charge in [-0.3, -0.25) is 4.79 Å². The number of carbonyl (C=O) groups excluding carboxylic acids is 1. The minimum Gasteiger partial charge on any atom is -0.496 e. The van der Waals surface area contributed by atoms with Crippen molar-refractivity contribution in [2.45, 2.75) is 38.2 Å². The van der Waals surface area contributed by atoms with Crippen LogP contribution in [0.2, 0.25) is 0 Å². The van der Waals surface area contributed by atoms with Crippen LogP contribution in [0.3, 0.4) is 0 Å². The van der Waals surface area contributed by atoms with Crippen molar-refractivity contribution in [1.82, 2.24) is 5.32 Å². The molecule has 1 aromatic carbocycles. The number of nitrogens with one attached hydrogen (secondary N) is 1. The first-order valence-corrected chi connectivity index (χ1v) is 7.27. The summed E-state index contributed by atoms with van der Waals surface area (Å²) in [5.74, 6) is 0.993. The number of hydrogen-bond acceptors (Lipinski definition) is 3. The fourth-order valence-corrected chi connectivity index (χ4v) is 2.81. The molecule has 0 saturated heterocycles. The van der Waals surface area contributed by atoms with Gasteiger partial charge in [-0.25, -0.2) is 0 Å². The van der Waals surface area contributed by atoms with Gasteiger partial charge in [0, 0.05) is 12.1 Å². The molecule has 0 aromatic heterocycles. The van der Waals surface area contributed by atoms with Crippen LogP contribution in [0.5, 0.6) is 5.75 Å². The average molecular weight is 277 g/mol. The maximum Gasteiger partial charge on any atom is 0.224 e. The molecule has 4 nitrogen and oxygen atoms in total. The minimum atomic E-state index is -0.417. The van der Waals surface area contributed by atoms with Gasteiger partial charge in [0.25, 0.3) is 0 Å². The third kappa shape index (κ3) is 3.97. The number of benzene rings is 1. The van der Waals surface area contributed by atoms with Crippen molar-refractivity contribution in [3.63, 3.8) is 0 Å². The van der Waals surface area contributed by atoms with Gasteiger partial charge in [0.05, 0.1) is 19.6 Å². The summed E-state index contributed by atoms with van der Waals surface area (Å²) in [6.45, 7) is 0.346. The fourth-order valence-electron chi connectivity index (χ4n) is 2.81. The summed E-state index contributed by atoms with van der Waals surface area (Å²) in [5, 5.41) is 12.8. The van der Waals surface area contributed by atoms with E-state index in [2.05, 4.69) is 5.32 Å². The first-order valence-electron chi connectivity index (χ1n) is 7.27. The van der Waals surface area contributed by atoms with Gasteiger partial charge in [-0.1, -0.05) is 31.0 Å². The van der Waals surface area contributed by atoms with E-state index in [1.807, 2.05) is 24.3 Å². The van der Waals surface area contributed by atoms with Crippen molar-refractivity contribution in [1.29, 1.82) is 0 Å². The Morgan fingerprint density at radius 1 is 1.40 bits per heavy atom. The summed E-state index contributed by atoms with van der Waals surface area (Å²) in [6, 6.07) is 7.49. The summed E-state index contributed by atoms with van der Waals surface area (Å²) in [4.78, 5) is 11.9. The van der Waals surface area contributed by atoms with E-state index in [9.17, 15) is 9.90 Å².